The van der Waals surface area contributed by atoms with Gasteiger partial charge in [0.25, 0.3) is 5.91 Å². The van der Waals surface area contributed by atoms with E-state index in [2.05, 4.69) is 29.2 Å². The van der Waals surface area contributed by atoms with Gasteiger partial charge >= 0.3 is 18.4 Å². The fourth-order valence-corrected chi connectivity index (χ4v) is 4.33. The molecule has 0 aliphatic heterocycles. The van der Waals surface area contributed by atoms with E-state index in [9.17, 15) is 32.7 Å². The third-order valence-electron chi connectivity index (χ3n) is 6.66. The highest BCUT2D eigenvalue weighted by Crippen LogP contribution is 2.37. The Morgan fingerprint density at radius 1 is 1.05 bits per heavy atom. The Morgan fingerprint density at radius 3 is 2.18 bits per heavy atom. The van der Waals surface area contributed by atoms with Crippen LogP contribution in [-0.4, -0.2) is 58.1 Å². The summed E-state index contributed by atoms with van der Waals surface area (Å²) in [5.74, 6) is -2.39. The van der Waals surface area contributed by atoms with Crippen LogP contribution in [0.3, 0.4) is 0 Å². The van der Waals surface area contributed by atoms with Gasteiger partial charge in [0.05, 0.1) is 6.54 Å². The molecule has 1 aliphatic carbocycles. The van der Waals surface area contributed by atoms with Crippen LogP contribution >= 0.6 is 0 Å². The van der Waals surface area contributed by atoms with E-state index >= 15 is 0 Å². The molecule has 2 aromatic carbocycles. The van der Waals surface area contributed by atoms with Crippen molar-refractivity contribution in [2.45, 2.75) is 64.6 Å². The Hall–Kier alpha value is -3.80. The highest BCUT2D eigenvalue weighted by atomic mass is 19.4. The molecule has 0 bridgehead atoms. The van der Waals surface area contributed by atoms with Gasteiger partial charge in [-0.05, 0) is 73.1 Å². The number of carbonyl (C=O) groups is 3. The van der Waals surface area contributed by atoms with Gasteiger partial charge in [0.15, 0.2) is 6.10 Å². The van der Waals surface area contributed by atoms with Gasteiger partial charge in [0.2, 0.25) is 0 Å². The maximum absolute atomic E-state index is 13.3. The number of hydrogen-bond acceptors (Lipinski definition) is 5. The van der Waals surface area contributed by atoms with Crippen LogP contribution in [0.4, 0.5) is 23.7 Å². The van der Waals surface area contributed by atoms with Crippen molar-refractivity contribution < 1.29 is 42.5 Å². The molecule has 212 valence electrons. The molecule has 3 rings (SSSR count). The highest BCUT2D eigenvalue weighted by molar-refractivity contribution is 5.94. The maximum Gasteiger partial charge on any atom is 0.573 e. The number of nitrogens with one attached hydrogen (secondary N) is 2. The summed E-state index contributed by atoms with van der Waals surface area (Å²) >= 11 is 0. The zero-order valence-electron chi connectivity index (χ0n) is 21.6. The number of alkyl halides is 3. The third-order valence-corrected chi connectivity index (χ3v) is 6.66. The first kappa shape index (κ1) is 29.8. The van der Waals surface area contributed by atoms with Crippen molar-refractivity contribution in [3.63, 3.8) is 0 Å². The van der Waals surface area contributed by atoms with E-state index in [0.717, 1.165) is 43.4 Å². The number of aliphatic hydroxyl groups excluding tert-OH is 1. The van der Waals surface area contributed by atoms with Crippen molar-refractivity contribution in [3.05, 3.63) is 59.7 Å². The van der Waals surface area contributed by atoms with Gasteiger partial charge in [-0.15, -0.1) is 13.2 Å². The fraction of sp³-hybridized carbons (Fsp3) is 0.444. The smallest absolute Gasteiger partial charge is 0.479 e. The summed E-state index contributed by atoms with van der Waals surface area (Å²) in [6.45, 7) is 4.14. The molecule has 1 fully saturated rings. The SMILES string of the molecule is CC1(C)CCC(N(Cc2ccc(C(=O)NC[C@@H](O)C(=O)O)cc2)C(=O)Nc2ccc(OC(F)(F)F)cc2)CC1. The summed E-state index contributed by atoms with van der Waals surface area (Å²) in [5.41, 5.74) is 1.47. The van der Waals surface area contributed by atoms with Crippen molar-refractivity contribution in [1.29, 1.82) is 0 Å². The molecular formula is C27H32F3N3O6. The quantitative estimate of drug-likeness (QED) is 0.356. The van der Waals surface area contributed by atoms with Gasteiger partial charge < -0.3 is 30.5 Å². The largest absolute Gasteiger partial charge is 0.573 e. The summed E-state index contributed by atoms with van der Waals surface area (Å²) in [4.78, 5) is 38.0. The zero-order valence-corrected chi connectivity index (χ0v) is 21.6. The lowest BCUT2D eigenvalue weighted by Crippen LogP contribution is -2.45. The van der Waals surface area contributed by atoms with E-state index in [0.29, 0.717) is 5.69 Å². The number of carboxylic acid groups (broad SMARTS) is 1. The Morgan fingerprint density at radius 2 is 1.64 bits per heavy atom. The number of nitrogens with zero attached hydrogens (tertiary/aromatic N) is 1. The summed E-state index contributed by atoms with van der Waals surface area (Å²) in [6.07, 6.45) is -3.12. The summed E-state index contributed by atoms with van der Waals surface area (Å²) in [7, 11) is 0. The first-order valence-electron chi connectivity index (χ1n) is 12.4. The molecular weight excluding hydrogens is 519 g/mol. The van der Waals surface area contributed by atoms with Crippen LogP contribution in [0.25, 0.3) is 0 Å². The number of rotatable bonds is 9. The number of urea groups is 1. The predicted molar refractivity (Wildman–Crippen MR) is 136 cm³/mol. The van der Waals surface area contributed by atoms with E-state index in [1.807, 2.05) is 0 Å². The van der Waals surface area contributed by atoms with Crippen LogP contribution in [0.2, 0.25) is 0 Å². The number of benzene rings is 2. The molecule has 0 unspecified atom stereocenters. The average molecular weight is 552 g/mol. The molecule has 12 heteroatoms. The number of anilines is 1. The lowest BCUT2D eigenvalue weighted by Gasteiger charge is -2.40. The van der Waals surface area contributed by atoms with E-state index in [1.54, 1.807) is 17.0 Å². The lowest BCUT2D eigenvalue weighted by atomic mass is 9.75. The van der Waals surface area contributed by atoms with Gasteiger partial charge in [-0.2, -0.15) is 0 Å². The number of ether oxygens (including phenoxy) is 1. The standard InChI is InChI=1S/C27H32F3N3O6/c1-26(2)13-11-20(12-14-26)33(25(38)32-19-7-9-21(10-8-19)39-27(28,29)30)16-17-3-5-18(6-4-17)23(35)31-15-22(34)24(36)37/h3-10,20,22,34H,11-16H2,1-2H3,(H,31,35)(H,32,38)(H,36,37)/t22-/m1/s1. The second-order valence-electron chi connectivity index (χ2n) is 10.3. The van der Waals surface area contributed by atoms with Crippen molar-refractivity contribution in [2.24, 2.45) is 5.41 Å². The van der Waals surface area contributed by atoms with Crippen LogP contribution in [0, 0.1) is 5.41 Å². The monoisotopic (exact) mass is 551 g/mol. The van der Waals surface area contributed by atoms with E-state index in [1.165, 1.54) is 24.3 Å². The first-order chi connectivity index (χ1) is 18.2. The Kier molecular flexibility index (Phi) is 9.44. The van der Waals surface area contributed by atoms with Crippen molar-refractivity contribution in [2.75, 3.05) is 11.9 Å². The molecule has 1 atom stereocenters. The average Bonchev–Trinajstić information content (AvgIpc) is 2.86. The van der Waals surface area contributed by atoms with Crippen molar-refractivity contribution in [3.8, 4) is 5.75 Å². The van der Waals surface area contributed by atoms with Gasteiger partial charge in [0, 0.05) is 23.8 Å². The number of aliphatic hydroxyl groups is 1. The molecule has 0 heterocycles. The minimum absolute atomic E-state index is 0.0636. The zero-order chi connectivity index (χ0) is 28.8. The lowest BCUT2D eigenvalue weighted by molar-refractivity contribution is -0.274. The molecule has 39 heavy (non-hydrogen) atoms. The van der Waals surface area contributed by atoms with Gasteiger partial charge in [0.1, 0.15) is 5.75 Å². The summed E-state index contributed by atoms with van der Waals surface area (Å²) < 4.78 is 41.2. The topological polar surface area (TPSA) is 128 Å². The fourth-order valence-electron chi connectivity index (χ4n) is 4.33. The molecule has 0 spiro atoms. The van der Waals surface area contributed by atoms with E-state index < -0.39 is 42.7 Å². The third kappa shape index (κ3) is 9.17. The first-order valence-corrected chi connectivity index (χ1v) is 12.4. The molecule has 2 aromatic rings. The highest BCUT2D eigenvalue weighted by Gasteiger charge is 2.33. The van der Waals surface area contributed by atoms with E-state index in [-0.39, 0.29) is 23.6 Å². The summed E-state index contributed by atoms with van der Waals surface area (Å²) in [5, 5.41) is 23.2. The normalized spacial score (nSPS) is 16.2. The Bertz CT molecular complexity index is 1140. The molecule has 4 N–H and O–H groups in total. The molecule has 1 saturated carbocycles. The second-order valence-corrected chi connectivity index (χ2v) is 10.3. The second kappa shape index (κ2) is 12.4. The molecule has 9 nitrogen and oxygen atoms in total. The number of amides is 3. The van der Waals surface area contributed by atoms with Crippen LogP contribution in [0.1, 0.15) is 55.5 Å². The molecule has 1 aliphatic rings. The number of aliphatic carboxylic acids is 1. The summed E-state index contributed by atoms with van der Waals surface area (Å²) in [6, 6.07) is 10.9. The van der Waals surface area contributed by atoms with E-state index in [4.69, 9.17) is 5.11 Å². The van der Waals surface area contributed by atoms with Crippen LogP contribution in [0.5, 0.6) is 5.75 Å². The number of halogens is 3. The predicted octanol–water partition coefficient (Wildman–Crippen LogP) is 4.76. The van der Waals surface area contributed by atoms with Crippen molar-refractivity contribution >= 4 is 23.6 Å². The molecule has 0 aromatic heterocycles. The van der Waals surface area contributed by atoms with Crippen LogP contribution < -0.4 is 15.4 Å². The Balaban J connectivity index is 1.70. The minimum Gasteiger partial charge on any atom is -0.479 e. The van der Waals surface area contributed by atoms with Crippen molar-refractivity contribution in [1.82, 2.24) is 10.2 Å². The number of carbonyl (C=O) groups excluding carboxylic acids is 2. The number of carboxylic acids is 1. The molecule has 0 saturated heterocycles. The minimum atomic E-state index is -4.81. The number of hydrogen-bond donors (Lipinski definition) is 4. The molecule has 0 radical (unpaired) electrons. The van der Waals surface area contributed by atoms with Crippen LogP contribution in [0.15, 0.2) is 48.5 Å². The molecule has 3 amide bonds. The Labute approximate surface area is 223 Å². The van der Waals surface area contributed by atoms with Gasteiger partial charge in [-0.25, -0.2) is 9.59 Å². The van der Waals surface area contributed by atoms with Crippen LogP contribution in [-0.2, 0) is 11.3 Å². The maximum atomic E-state index is 13.3. The van der Waals surface area contributed by atoms with Gasteiger partial charge in [-0.1, -0.05) is 26.0 Å². The van der Waals surface area contributed by atoms with Gasteiger partial charge in [-0.3, -0.25) is 4.79 Å².